The van der Waals surface area contributed by atoms with Gasteiger partial charge in [0.15, 0.2) is 0 Å². The molecule has 0 aromatic rings. The van der Waals surface area contributed by atoms with Crippen molar-refractivity contribution in [3.8, 4) is 12.1 Å². The van der Waals surface area contributed by atoms with Crippen molar-refractivity contribution in [1.82, 2.24) is 0 Å². The fourth-order valence-corrected chi connectivity index (χ4v) is 4.43. The third kappa shape index (κ3) is 0.845. The van der Waals surface area contributed by atoms with Crippen molar-refractivity contribution in [2.45, 2.75) is 32.1 Å². The smallest absolute Gasteiger partial charge is 0.0739 e. The van der Waals surface area contributed by atoms with E-state index in [0.29, 0.717) is 5.92 Å². The zero-order valence-corrected chi connectivity index (χ0v) is 8.24. The van der Waals surface area contributed by atoms with E-state index in [1.807, 2.05) is 0 Å². The largest absolute Gasteiger partial charge is 0.198 e. The van der Waals surface area contributed by atoms with Crippen LogP contribution < -0.4 is 0 Å². The van der Waals surface area contributed by atoms with Crippen LogP contribution in [0.1, 0.15) is 32.1 Å². The molecule has 14 heavy (non-hydrogen) atoms. The van der Waals surface area contributed by atoms with E-state index in [2.05, 4.69) is 12.1 Å². The lowest BCUT2D eigenvalue weighted by molar-refractivity contribution is -0.0533. The molecule has 4 fully saturated rings. The zero-order valence-electron chi connectivity index (χ0n) is 8.24. The van der Waals surface area contributed by atoms with Gasteiger partial charge in [0.1, 0.15) is 0 Å². The van der Waals surface area contributed by atoms with Crippen molar-refractivity contribution in [2.75, 3.05) is 0 Å². The summed E-state index contributed by atoms with van der Waals surface area (Å²) in [6.45, 7) is 0. The third-order valence-electron chi connectivity index (χ3n) is 4.67. The summed E-state index contributed by atoms with van der Waals surface area (Å²) in [5, 5.41) is 18.5. The van der Waals surface area contributed by atoms with E-state index in [0.717, 1.165) is 24.7 Å². The summed E-state index contributed by atoms with van der Waals surface area (Å²) in [5.74, 6) is 2.11. The highest BCUT2D eigenvalue weighted by Gasteiger charge is 2.57. The van der Waals surface area contributed by atoms with Crippen LogP contribution in [0.2, 0.25) is 0 Å². The Labute approximate surface area is 84.5 Å². The summed E-state index contributed by atoms with van der Waals surface area (Å²) >= 11 is 0. The Hall–Kier alpha value is -1.02. The Morgan fingerprint density at radius 2 is 1.64 bits per heavy atom. The standard InChI is InChI=1S/C12H14N2/c13-6-11-10-2-8-1-9(3-10)5-12(11,4-8)7-14/h8-11H,1-5H2. The van der Waals surface area contributed by atoms with Gasteiger partial charge < -0.3 is 0 Å². The monoisotopic (exact) mass is 186 g/mol. The number of rotatable bonds is 0. The van der Waals surface area contributed by atoms with Gasteiger partial charge in [-0.15, -0.1) is 0 Å². The number of hydrogen-bond acceptors (Lipinski definition) is 2. The van der Waals surface area contributed by atoms with Crippen molar-refractivity contribution in [3.63, 3.8) is 0 Å². The Balaban J connectivity index is 2.04. The van der Waals surface area contributed by atoms with Crippen LogP contribution in [0.5, 0.6) is 0 Å². The lowest BCUT2D eigenvalue weighted by Gasteiger charge is -2.56. The van der Waals surface area contributed by atoms with E-state index in [1.54, 1.807) is 0 Å². The van der Waals surface area contributed by atoms with Gasteiger partial charge in [-0.3, -0.25) is 0 Å². The molecule has 3 unspecified atom stereocenters. The van der Waals surface area contributed by atoms with Crippen LogP contribution in [0.4, 0.5) is 0 Å². The molecule has 0 spiro atoms. The molecule has 0 N–H and O–H groups in total. The minimum Gasteiger partial charge on any atom is -0.198 e. The van der Waals surface area contributed by atoms with Crippen LogP contribution in [0, 0.1) is 51.7 Å². The first-order valence-corrected chi connectivity index (χ1v) is 5.58. The fraction of sp³-hybridized carbons (Fsp3) is 0.833. The number of nitriles is 2. The first-order valence-electron chi connectivity index (χ1n) is 5.58. The summed E-state index contributed by atoms with van der Waals surface area (Å²) < 4.78 is 0. The van der Waals surface area contributed by atoms with Crippen molar-refractivity contribution in [2.24, 2.45) is 29.1 Å². The van der Waals surface area contributed by atoms with Crippen LogP contribution in [-0.4, -0.2) is 0 Å². The quantitative estimate of drug-likeness (QED) is 0.583. The molecule has 0 saturated heterocycles. The van der Waals surface area contributed by atoms with Gasteiger partial charge in [0.05, 0.1) is 23.5 Å². The van der Waals surface area contributed by atoms with E-state index >= 15 is 0 Å². The molecule has 0 heterocycles. The molecular weight excluding hydrogens is 172 g/mol. The summed E-state index contributed by atoms with van der Waals surface area (Å²) in [6.07, 6.45) is 5.79. The molecule has 4 rings (SSSR count). The molecule has 0 aliphatic heterocycles. The van der Waals surface area contributed by atoms with Gasteiger partial charge >= 0.3 is 0 Å². The fourth-order valence-electron chi connectivity index (χ4n) is 4.43. The normalized spacial score (nSPS) is 53.9. The lowest BCUT2D eigenvalue weighted by Crippen LogP contribution is -2.51. The van der Waals surface area contributed by atoms with E-state index in [1.165, 1.54) is 19.3 Å². The highest BCUT2D eigenvalue weighted by molar-refractivity contribution is 5.19. The number of hydrogen-bond donors (Lipinski definition) is 0. The van der Waals surface area contributed by atoms with Gasteiger partial charge in [-0.25, -0.2) is 0 Å². The highest BCUT2D eigenvalue weighted by atomic mass is 14.6. The summed E-state index contributed by atoms with van der Waals surface area (Å²) in [4.78, 5) is 0. The predicted octanol–water partition coefficient (Wildman–Crippen LogP) is 2.48. The van der Waals surface area contributed by atoms with Crippen LogP contribution in [0.25, 0.3) is 0 Å². The molecule has 72 valence electrons. The lowest BCUT2D eigenvalue weighted by atomic mass is 9.46. The van der Waals surface area contributed by atoms with Crippen LogP contribution >= 0.6 is 0 Å². The molecule has 4 bridgehead atoms. The van der Waals surface area contributed by atoms with Crippen LogP contribution in [0.3, 0.4) is 0 Å². The van der Waals surface area contributed by atoms with Crippen LogP contribution in [-0.2, 0) is 0 Å². The maximum atomic E-state index is 9.33. The Morgan fingerprint density at radius 3 is 2.14 bits per heavy atom. The van der Waals surface area contributed by atoms with Crippen molar-refractivity contribution in [3.05, 3.63) is 0 Å². The van der Waals surface area contributed by atoms with E-state index in [4.69, 9.17) is 0 Å². The minimum atomic E-state index is -0.247. The predicted molar refractivity (Wildman–Crippen MR) is 50.7 cm³/mol. The zero-order chi connectivity index (χ0) is 9.76. The second-order valence-corrected chi connectivity index (χ2v) is 5.48. The molecule has 4 aliphatic carbocycles. The summed E-state index contributed by atoms with van der Waals surface area (Å²) in [5.41, 5.74) is -0.247. The van der Waals surface area contributed by atoms with Gasteiger partial charge in [0.2, 0.25) is 0 Å². The van der Waals surface area contributed by atoms with E-state index in [9.17, 15) is 10.5 Å². The maximum absolute atomic E-state index is 9.33. The first-order chi connectivity index (χ1) is 6.77. The van der Waals surface area contributed by atoms with Gasteiger partial charge in [0, 0.05) is 0 Å². The first kappa shape index (κ1) is 8.30. The second-order valence-electron chi connectivity index (χ2n) is 5.48. The van der Waals surface area contributed by atoms with Crippen molar-refractivity contribution >= 4 is 0 Å². The number of nitrogens with zero attached hydrogens (tertiary/aromatic N) is 2. The minimum absolute atomic E-state index is 0.0419. The second kappa shape index (κ2) is 2.51. The highest BCUT2D eigenvalue weighted by Crippen LogP contribution is 2.62. The molecule has 0 aromatic carbocycles. The Bertz CT molecular complexity index is 332. The maximum Gasteiger partial charge on any atom is 0.0739 e. The topological polar surface area (TPSA) is 47.6 Å². The summed E-state index contributed by atoms with van der Waals surface area (Å²) in [6, 6.07) is 4.90. The third-order valence-corrected chi connectivity index (χ3v) is 4.67. The van der Waals surface area contributed by atoms with Crippen molar-refractivity contribution < 1.29 is 0 Å². The van der Waals surface area contributed by atoms with E-state index < -0.39 is 0 Å². The molecule has 0 amide bonds. The Kier molecular flexibility index (Phi) is 1.49. The van der Waals surface area contributed by atoms with Gasteiger partial charge in [-0.1, -0.05) is 0 Å². The SMILES string of the molecule is N#CC1C2CC3CC(C2)CC1(C#N)C3. The van der Waals surface area contributed by atoms with Crippen molar-refractivity contribution in [1.29, 1.82) is 10.5 Å². The van der Waals surface area contributed by atoms with Gasteiger partial charge in [0.25, 0.3) is 0 Å². The molecular formula is C12H14N2. The molecule has 0 aromatic heterocycles. The molecule has 4 saturated carbocycles. The van der Waals surface area contributed by atoms with Gasteiger partial charge in [-0.2, -0.15) is 10.5 Å². The van der Waals surface area contributed by atoms with Gasteiger partial charge in [-0.05, 0) is 49.9 Å². The molecule has 2 heteroatoms. The molecule has 2 nitrogen and oxygen atoms in total. The molecule has 0 radical (unpaired) electrons. The molecule has 3 atom stereocenters. The average Bonchev–Trinajstić information content (AvgIpc) is 2.16. The van der Waals surface area contributed by atoms with Crippen LogP contribution in [0.15, 0.2) is 0 Å². The van der Waals surface area contributed by atoms with E-state index in [-0.39, 0.29) is 11.3 Å². The molecule has 4 aliphatic rings. The Morgan fingerprint density at radius 1 is 1.00 bits per heavy atom. The average molecular weight is 186 g/mol. The summed E-state index contributed by atoms with van der Waals surface area (Å²) in [7, 11) is 0.